The predicted octanol–water partition coefficient (Wildman–Crippen LogP) is 7.99. The summed E-state index contributed by atoms with van der Waals surface area (Å²) in [6.45, 7) is 3.28. The molecule has 0 aliphatic carbocycles. The molecule has 0 saturated heterocycles. The molecule has 4 nitrogen and oxygen atoms in total. The van der Waals surface area contributed by atoms with Gasteiger partial charge in [0.05, 0.1) is 23.3 Å². The van der Waals surface area contributed by atoms with Gasteiger partial charge in [0, 0.05) is 0 Å². The molecule has 2 rings (SSSR count). The molecule has 2 aromatic rings. The molecule has 0 bridgehead atoms. The van der Waals surface area contributed by atoms with Gasteiger partial charge in [-0.25, -0.2) is 31.5 Å². The van der Waals surface area contributed by atoms with Gasteiger partial charge in [-0.2, -0.15) is 0 Å². The third kappa shape index (κ3) is 7.77. The van der Waals surface area contributed by atoms with E-state index in [9.17, 15) is 31.5 Å². The van der Waals surface area contributed by atoms with Crippen LogP contribution in [0.3, 0.4) is 0 Å². The normalized spacial score (nSPS) is 11.9. The van der Waals surface area contributed by atoms with E-state index in [-0.39, 0.29) is 17.7 Å². The topological polar surface area (TPSA) is 52.6 Å². The maximum absolute atomic E-state index is 14.0. The maximum atomic E-state index is 14.0. The molecule has 0 spiro atoms. The molecule has 0 fully saturated rings. The first-order valence-electron chi connectivity index (χ1n) is 12.2. The molecule has 2 aromatic carbocycles. The zero-order valence-electron chi connectivity index (χ0n) is 20.5. The lowest BCUT2D eigenvalue weighted by molar-refractivity contribution is 0.0307. The van der Waals surface area contributed by atoms with Crippen LogP contribution in [0.5, 0.6) is 0 Å². The van der Waals surface area contributed by atoms with Gasteiger partial charge in [0.25, 0.3) is 0 Å². The van der Waals surface area contributed by atoms with E-state index in [1.807, 2.05) is 0 Å². The molecule has 0 aliphatic heterocycles. The fourth-order valence-electron chi connectivity index (χ4n) is 3.76. The first-order chi connectivity index (χ1) is 17.2. The van der Waals surface area contributed by atoms with Gasteiger partial charge in [-0.1, -0.05) is 70.4 Å². The van der Waals surface area contributed by atoms with Gasteiger partial charge in [0.15, 0.2) is 23.3 Å². The molecule has 1 atom stereocenters. The van der Waals surface area contributed by atoms with E-state index in [0.717, 1.165) is 26.2 Å². The Labute approximate surface area is 207 Å². The van der Waals surface area contributed by atoms with Gasteiger partial charge < -0.3 is 9.47 Å². The number of halogens is 5. The molecule has 0 aromatic heterocycles. The Balaban J connectivity index is 1.94. The van der Waals surface area contributed by atoms with Crippen LogP contribution in [-0.4, -0.2) is 18.5 Å². The molecule has 0 amide bonds. The highest BCUT2D eigenvalue weighted by Gasteiger charge is 2.31. The van der Waals surface area contributed by atoms with Crippen molar-refractivity contribution in [1.29, 1.82) is 0 Å². The number of carbonyl (C=O) groups excluding carboxylic acids is 2. The van der Waals surface area contributed by atoms with Crippen LogP contribution in [0, 0.1) is 29.1 Å². The monoisotopic (exact) mass is 514 g/mol. The van der Waals surface area contributed by atoms with Crippen LogP contribution in [0.1, 0.15) is 104 Å². The van der Waals surface area contributed by atoms with Gasteiger partial charge in [0.1, 0.15) is 6.10 Å². The number of hydrogen-bond acceptors (Lipinski definition) is 4. The summed E-state index contributed by atoms with van der Waals surface area (Å²) in [5.74, 6) is -12.8. The van der Waals surface area contributed by atoms with Crippen LogP contribution in [0.2, 0.25) is 0 Å². The van der Waals surface area contributed by atoms with E-state index >= 15 is 0 Å². The smallest absolute Gasteiger partial charge is 0.339 e. The second-order valence-corrected chi connectivity index (χ2v) is 8.54. The molecule has 0 radical (unpaired) electrons. The Morgan fingerprint density at radius 1 is 0.694 bits per heavy atom. The molecular weight excluding hydrogens is 483 g/mol. The number of ether oxygens (including phenoxy) is 2. The zero-order chi connectivity index (χ0) is 26.7. The zero-order valence-corrected chi connectivity index (χ0v) is 20.5. The van der Waals surface area contributed by atoms with Crippen LogP contribution in [0.25, 0.3) is 0 Å². The first-order valence-corrected chi connectivity index (χ1v) is 12.2. The van der Waals surface area contributed by atoms with E-state index < -0.39 is 52.7 Å². The van der Waals surface area contributed by atoms with Crippen molar-refractivity contribution >= 4 is 11.9 Å². The van der Waals surface area contributed by atoms with Gasteiger partial charge in [0.2, 0.25) is 5.82 Å². The Morgan fingerprint density at radius 3 is 1.67 bits per heavy atom. The first kappa shape index (κ1) is 29.3. The third-order valence-electron chi connectivity index (χ3n) is 5.78. The average Bonchev–Trinajstić information content (AvgIpc) is 2.87. The van der Waals surface area contributed by atoms with E-state index in [0.29, 0.717) is 6.42 Å². The maximum Gasteiger partial charge on any atom is 0.339 e. The SMILES string of the molecule is CCCCCCCCCCCOC(=O)c1ccccc1C(=O)OC(C)c1c(F)c(F)c(F)c(F)c1F. The molecule has 0 heterocycles. The third-order valence-corrected chi connectivity index (χ3v) is 5.78. The number of unbranched alkanes of at least 4 members (excludes halogenated alkanes) is 8. The van der Waals surface area contributed by atoms with Gasteiger partial charge in [-0.15, -0.1) is 0 Å². The van der Waals surface area contributed by atoms with Crippen LogP contribution < -0.4 is 0 Å². The summed E-state index contributed by atoms with van der Waals surface area (Å²) < 4.78 is 78.6. The Kier molecular flexibility index (Phi) is 11.8. The average molecular weight is 515 g/mol. The summed E-state index contributed by atoms with van der Waals surface area (Å²) in [6.07, 6.45) is 7.98. The van der Waals surface area contributed by atoms with E-state index in [1.54, 1.807) is 0 Å². The number of rotatable bonds is 14. The summed E-state index contributed by atoms with van der Waals surface area (Å²) in [5, 5.41) is 0. The second-order valence-electron chi connectivity index (χ2n) is 8.54. The lowest BCUT2D eigenvalue weighted by Gasteiger charge is -2.17. The molecule has 0 aliphatic rings. The highest BCUT2D eigenvalue weighted by atomic mass is 19.2. The van der Waals surface area contributed by atoms with Crippen molar-refractivity contribution in [3.05, 3.63) is 70.0 Å². The number of hydrogen-bond donors (Lipinski definition) is 0. The van der Waals surface area contributed by atoms with Crippen molar-refractivity contribution in [2.45, 2.75) is 77.7 Å². The second kappa shape index (κ2) is 14.6. The van der Waals surface area contributed by atoms with E-state index in [2.05, 4.69) is 6.92 Å². The van der Waals surface area contributed by atoms with Crippen molar-refractivity contribution in [3.8, 4) is 0 Å². The summed E-state index contributed by atoms with van der Waals surface area (Å²) >= 11 is 0. The lowest BCUT2D eigenvalue weighted by atomic mass is 10.1. The van der Waals surface area contributed by atoms with Gasteiger partial charge in [-0.3, -0.25) is 0 Å². The number of benzene rings is 2. The number of carbonyl (C=O) groups is 2. The Bertz CT molecular complexity index is 1010. The van der Waals surface area contributed by atoms with Crippen molar-refractivity contribution in [2.75, 3.05) is 6.61 Å². The Morgan fingerprint density at radius 2 is 1.14 bits per heavy atom. The highest BCUT2D eigenvalue weighted by molar-refractivity contribution is 6.03. The molecule has 0 N–H and O–H groups in total. The largest absolute Gasteiger partial charge is 0.462 e. The standard InChI is InChI=1S/C27H31F5O4/c1-3-4-5-6-7-8-9-10-13-16-35-26(33)18-14-11-12-15-19(18)27(34)36-17(2)20-21(28)23(30)25(32)24(31)22(20)29/h11-12,14-15,17H,3-10,13,16H2,1-2H3. The predicted molar refractivity (Wildman–Crippen MR) is 124 cm³/mol. The van der Waals surface area contributed by atoms with Crippen LogP contribution in [0.15, 0.2) is 24.3 Å². The Hall–Kier alpha value is -2.97. The summed E-state index contributed by atoms with van der Waals surface area (Å²) in [7, 11) is 0. The molecule has 198 valence electrons. The minimum atomic E-state index is -2.31. The fourth-order valence-corrected chi connectivity index (χ4v) is 3.76. The van der Waals surface area contributed by atoms with Crippen molar-refractivity contribution in [1.82, 2.24) is 0 Å². The van der Waals surface area contributed by atoms with Gasteiger partial charge >= 0.3 is 11.9 Å². The number of esters is 2. The van der Waals surface area contributed by atoms with Crippen molar-refractivity contribution in [2.24, 2.45) is 0 Å². The molecule has 0 saturated carbocycles. The van der Waals surface area contributed by atoms with E-state index in [1.165, 1.54) is 56.4 Å². The van der Waals surface area contributed by atoms with Crippen LogP contribution >= 0.6 is 0 Å². The summed E-state index contributed by atoms with van der Waals surface area (Å²) in [4.78, 5) is 25.1. The van der Waals surface area contributed by atoms with Crippen LogP contribution in [-0.2, 0) is 9.47 Å². The van der Waals surface area contributed by atoms with Crippen LogP contribution in [0.4, 0.5) is 22.0 Å². The molecule has 1 unspecified atom stereocenters. The lowest BCUT2D eigenvalue weighted by Crippen LogP contribution is -2.18. The summed E-state index contributed by atoms with van der Waals surface area (Å²) in [6, 6.07) is 5.47. The minimum absolute atomic E-state index is 0.136. The highest BCUT2D eigenvalue weighted by Crippen LogP contribution is 2.30. The van der Waals surface area contributed by atoms with Crippen molar-refractivity contribution < 1.29 is 41.0 Å². The van der Waals surface area contributed by atoms with Crippen molar-refractivity contribution in [3.63, 3.8) is 0 Å². The minimum Gasteiger partial charge on any atom is -0.462 e. The fraction of sp³-hybridized carbons (Fsp3) is 0.481. The molecule has 9 heteroatoms. The summed E-state index contributed by atoms with van der Waals surface area (Å²) in [5.41, 5.74) is -1.68. The van der Waals surface area contributed by atoms with E-state index in [4.69, 9.17) is 9.47 Å². The molecule has 36 heavy (non-hydrogen) atoms. The van der Waals surface area contributed by atoms with Gasteiger partial charge in [-0.05, 0) is 25.5 Å². The molecular formula is C27H31F5O4. The quantitative estimate of drug-likeness (QED) is 0.0843.